The third-order valence-corrected chi connectivity index (χ3v) is 2.86. The van der Waals surface area contributed by atoms with Crippen LogP contribution in [0.5, 0.6) is 5.75 Å². The second-order valence-electron chi connectivity index (χ2n) is 4.18. The first kappa shape index (κ1) is 14.3. The van der Waals surface area contributed by atoms with Crippen molar-refractivity contribution in [2.75, 3.05) is 5.32 Å². The van der Waals surface area contributed by atoms with Crippen LogP contribution in [0.3, 0.4) is 0 Å². The summed E-state index contributed by atoms with van der Waals surface area (Å²) >= 11 is 0. The number of hydrogen-bond donors (Lipinski definition) is 2. The molecule has 0 bridgehead atoms. The largest absolute Gasteiger partial charge is 0.502 e. The second-order valence-corrected chi connectivity index (χ2v) is 4.18. The molecule has 0 atom stereocenters. The van der Waals surface area contributed by atoms with Crippen LogP contribution >= 0.6 is 0 Å². The van der Waals surface area contributed by atoms with E-state index in [1.165, 1.54) is 18.2 Å². The van der Waals surface area contributed by atoms with Gasteiger partial charge in [0.2, 0.25) is 5.75 Å². The standard InChI is InChI=1S/C15H12N2O4/c1-2-10-8-9-12(14(18)13(10)17(20)21)15(19)16-11-6-4-3-5-7-11/h2-9,18H,1H2,(H,16,19). The summed E-state index contributed by atoms with van der Waals surface area (Å²) in [7, 11) is 0. The Morgan fingerprint density at radius 2 is 1.90 bits per heavy atom. The molecule has 21 heavy (non-hydrogen) atoms. The van der Waals surface area contributed by atoms with Crippen molar-refractivity contribution in [3.8, 4) is 5.75 Å². The zero-order valence-corrected chi connectivity index (χ0v) is 10.9. The zero-order valence-electron chi connectivity index (χ0n) is 10.9. The highest BCUT2D eigenvalue weighted by Crippen LogP contribution is 2.34. The molecule has 106 valence electrons. The lowest BCUT2D eigenvalue weighted by Gasteiger charge is -2.08. The van der Waals surface area contributed by atoms with Gasteiger partial charge in [-0.1, -0.05) is 30.9 Å². The number of nitro benzene ring substituents is 1. The van der Waals surface area contributed by atoms with Crippen LogP contribution in [0.1, 0.15) is 15.9 Å². The number of para-hydroxylation sites is 1. The summed E-state index contributed by atoms with van der Waals surface area (Å²) in [5.41, 5.74) is -0.0343. The highest BCUT2D eigenvalue weighted by atomic mass is 16.6. The Morgan fingerprint density at radius 3 is 2.48 bits per heavy atom. The first-order chi connectivity index (χ1) is 10.0. The smallest absolute Gasteiger partial charge is 0.318 e. The number of carbonyl (C=O) groups is 1. The number of phenols is 1. The van der Waals surface area contributed by atoms with Gasteiger partial charge in [0.1, 0.15) is 0 Å². The van der Waals surface area contributed by atoms with E-state index in [-0.39, 0.29) is 11.1 Å². The van der Waals surface area contributed by atoms with Gasteiger partial charge in [0.05, 0.1) is 16.1 Å². The number of rotatable bonds is 4. The molecule has 0 heterocycles. The monoisotopic (exact) mass is 284 g/mol. The van der Waals surface area contributed by atoms with Gasteiger partial charge in [-0.05, 0) is 24.3 Å². The molecular weight excluding hydrogens is 272 g/mol. The van der Waals surface area contributed by atoms with Gasteiger partial charge in [0, 0.05) is 5.69 Å². The maximum absolute atomic E-state index is 12.1. The summed E-state index contributed by atoms with van der Waals surface area (Å²) in [5.74, 6) is -1.30. The summed E-state index contributed by atoms with van der Waals surface area (Å²) in [6.07, 6.45) is 1.25. The molecule has 0 aromatic heterocycles. The lowest BCUT2D eigenvalue weighted by Crippen LogP contribution is -2.12. The predicted molar refractivity (Wildman–Crippen MR) is 79.2 cm³/mol. The van der Waals surface area contributed by atoms with Crippen LogP contribution in [0, 0.1) is 10.1 Å². The fourth-order valence-corrected chi connectivity index (χ4v) is 1.85. The number of phenolic OH excluding ortho intramolecular Hbond substituents is 1. The number of nitrogens with one attached hydrogen (secondary N) is 1. The normalized spacial score (nSPS) is 9.90. The Hall–Kier alpha value is -3.15. The molecule has 2 N–H and O–H groups in total. The van der Waals surface area contributed by atoms with Crippen molar-refractivity contribution in [3.63, 3.8) is 0 Å². The Bertz CT molecular complexity index is 711. The third-order valence-electron chi connectivity index (χ3n) is 2.86. The van der Waals surface area contributed by atoms with Crippen LogP contribution in [0.2, 0.25) is 0 Å². The van der Waals surface area contributed by atoms with Crippen LogP contribution in [-0.4, -0.2) is 15.9 Å². The van der Waals surface area contributed by atoms with Crippen molar-refractivity contribution in [1.29, 1.82) is 0 Å². The number of anilines is 1. The zero-order chi connectivity index (χ0) is 15.4. The van der Waals surface area contributed by atoms with Gasteiger partial charge in [-0.15, -0.1) is 0 Å². The van der Waals surface area contributed by atoms with E-state index in [0.29, 0.717) is 5.69 Å². The first-order valence-electron chi connectivity index (χ1n) is 6.03. The summed E-state index contributed by atoms with van der Waals surface area (Å²) < 4.78 is 0. The van der Waals surface area contributed by atoms with Crippen molar-refractivity contribution in [2.45, 2.75) is 0 Å². The topological polar surface area (TPSA) is 92.5 Å². The minimum atomic E-state index is -0.744. The summed E-state index contributed by atoms with van der Waals surface area (Å²) in [5, 5.41) is 23.5. The van der Waals surface area contributed by atoms with Gasteiger partial charge >= 0.3 is 5.69 Å². The molecule has 6 nitrogen and oxygen atoms in total. The van der Waals surface area contributed by atoms with Gasteiger partial charge in [-0.25, -0.2) is 0 Å². The van der Waals surface area contributed by atoms with E-state index in [1.807, 2.05) is 0 Å². The molecule has 0 saturated heterocycles. The number of carbonyl (C=O) groups excluding carboxylic acids is 1. The molecule has 0 radical (unpaired) electrons. The Morgan fingerprint density at radius 1 is 1.24 bits per heavy atom. The predicted octanol–water partition coefficient (Wildman–Crippen LogP) is 3.20. The molecule has 0 unspecified atom stereocenters. The highest BCUT2D eigenvalue weighted by molar-refractivity contribution is 6.07. The molecule has 0 aliphatic carbocycles. The van der Waals surface area contributed by atoms with Crippen molar-refractivity contribution in [3.05, 3.63) is 70.3 Å². The van der Waals surface area contributed by atoms with Crippen LogP contribution in [0.4, 0.5) is 11.4 Å². The first-order valence-corrected chi connectivity index (χ1v) is 6.03. The Kier molecular flexibility index (Phi) is 3.99. The van der Waals surface area contributed by atoms with Gasteiger partial charge in [-0.2, -0.15) is 0 Å². The molecule has 0 spiro atoms. The van der Waals surface area contributed by atoms with Gasteiger partial charge in [0.15, 0.2) is 0 Å². The average Bonchev–Trinajstić information content (AvgIpc) is 2.47. The van der Waals surface area contributed by atoms with Crippen molar-refractivity contribution < 1.29 is 14.8 Å². The minimum Gasteiger partial charge on any atom is -0.502 e. The molecule has 0 saturated carbocycles. The van der Waals surface area contributed by atoms with Crippen LogP contribution in [0.25, 0.3) is 6.08 Å². The van der Waals surface area contributed by atoms with Crippen LogP contribution in [0.15, 0.2) is 49.0 Å². The number of amides is 1. The van der Waals surface area contributed by atoms with E-state index in [1.54, 1.807) is 30.3 Å². The highest BCUT2D eigenvalue weighted by Gasteiger charge is 2.24. The number of aromatic hydroxyl groups is 1. The molecule has 2 rings (SSSR count). The number of nitro groups is 1. The summed E-state index contributed by atoms with van der Waals surface area (Å²) in [4.78, 5) is 22.3. The molecule has 2 aromatic rings. The fourth-order valence-electron chi connectivity index (χ4n) is 1.85. The van der Waals surface area contributed by atoms with E-state index in [2.05, 4.69) is 11.9 Å². The molecule has 0 aliphatic heterocycles. The molecule has 0 fully saturated rings. The van der Waals surface area contributed by atoms with E-state index in [9.17, 15) is 20.0 Å². The lowest BCUT2D eigenvalue weighted by atomic mass is 10.1. The van der Waals surface area contributed by atoms with E-state index >= 15 is 0 Å². The Balaban J connectivity index is 2.40. The SMILES string of the molecule is C=Cc1ccc(C(=O)Nc2ccccc2)c(O)c1[N+](=O)[O-]. The second kappa shape index (κ2) is 5.87. The van der Waals surface area contributed by atoms with Gasteiger partial charge in [-0.3, -0.25) is 14.9 Å². The number of nitrogens with zero attached hydrogens (tertiary/aromatic N) is 1. The quantitative estimate of drug-likeness (QED) is 0.666. The fraction of sp³-hybridized carbons (Fsp3) is 0. The van der Waals surface area contributed by atoms with E-state index in [0.717, 1.165) is 0 Å². The van der Waals surface area contributed by atoms with Gasteiger partial charge < -0.3 is 10.4 Å². The molecule has 0 aliphatic rings. The molecule has 2 aromatic carbocycles. The molecule has 6 heteroatoms. The van der Waals surface area contributed by atoms with Crippen molar-refractivity contribution >= 4 is 23.4 Å². The number of benzene rings is 2. The van der Waals surface area contributed by atoms with Crippen LogP contribution < -0.4 is 5.32 Å². The maximum atomic E-state index is 12.1. The average molecular weight is 284 g/mol. The van der Waals surface area contributed by atoms with Crippen LogP contribution in [-0.2, 0) is 0 Å². The Labute approximate surface area is 120 Å². The van der Waals surface area contributed by atoms with E-state index in [4.69, 9.17) is 0 Å². The van der Waals surface area contributed by atoms with Crippen molar-refractivity contribution in [1.82, 2.24) is 0 Å². The molecule has 1 amide bonds. The van der Waals surface area contributed by atoms with E-state index < -0.39 is 22.3 Å². The van der Waals surface area contributed by atoms with Crippen molar-refractivity contribution in [2.24, 2.45) is 0 Å². The third kappa shape index (κ3) is 2.89. The number of hydrogen-bond acceptors (Lipinski definition) is 4. The summed E-state index contributed by atoms with van der Waals surface area (Å²) in [6.45, 7) is 3.44. The lowest BCUT2D eigenvalue weighted by molar-refractivity contribution is -0.386. The minimum absolute atomic E-state index is 0.147. The van der Waals surface area contributed by atoms with Gasteiger partial charge in [0.25, 0.3) is 5.91 Å². The maximum Gasteiger partial charge on any atom is 0.318 e. The summed E-state index contributed by atoms with van der Waals surface area (Å²) in [6, 6.07) is 11.3. The molecular formula is C15H12N2O4.